The van der Waals surface area contributed by atoms with Crippen LogP contribution in [-0.4, -0.2) is 0 Å². The van der Waals surface area contributed by atoms with Gasteiger partial charge in [-0.15, -0.1) is 0 Å². The molecule has 0 heterocycles. The summed E-state index contributed by atoms with van der Waals surface area (Å²) in [5, 5.41) is 8.62. The first-order valence-electron chi connectivity index (χ1n) is 2.59. The van der Waals surface area contributed by atoms with E-state index in [1.54, 1.807) is 6.07 Å². The van der Waals surface area contributed by atoms with Crippen molar-refractivity contribution in [3.05, 3.63) is 34.6 Å². The average molecular weight is 156 g/mol. The zero-order valence-corrected chi connectivity index (χ0v) is 5.69. The van der Waals surface area contributed by atoms with Gasteiger partial charge in [-0.05, 0) is 18.2 Å². The highest BCUT2D eigenvalue weighted by Gasteiger charge is 1.98. The average Bonchev–Trinajstić information content (AvgIpc) is 1.94. The van der Waals surface area contributed by atoms with Crippen LogP contribution in [0, 0.1) is 17.1 Å². The molecule has 1 aromatic rings. The van der Waals surface area contributed by atoms with Gasteiger partial charge in [0, 0.05) is 0 Å². The van der Waals surface area contributed by atoms with Crippen LogP contribution >= 0.6 is 11.6 Å². The van der Waals surface area contributed by atoms with E-state index in [0.717, 1.165) is 6.07 Å². The Hall–Kier alpha value is -1.07. The van der Waals surface area contributed by atoms with E-state index < -0.39 is 5.82 Å². The molecule has 0 aliphatic carbocycles. The zero-order valence-electron chi connectivity index (χ0n) is 4.94. The minimum absolute atomic E-state index is 0.168. The van der Waals surface area contributed by atoms with Gasteiger partial charge in [0.05, 0.1) is 10.6 Å². The predicted octanol–water partition coefficient (Wildman–Crippen LogP) is 2.35. The highest BCUT2D eigenvalue weighted by Crippen LogP contribution is 2.14. The Labute approximate surface area is 62.7 Å². The number of halogens is 2. The van der Waals surface area contributed by atoms with E-state index in [1.807, 2.05) is 0 Å². The molecule has 1 nitrogen and oxygen atoms in total. The number of nitriles is 1. The topological polar surface area (TPSA) is 23.8 Å². The molecule has 0 amide bonds. The van der Waals surface area contributed by atoms with E-state index in [0.29, 0.717) is 0 Å². The molecule has 10 heavy (non-hydrogen) atoms. The fourth-order valence-electron chi connectivity index (χ4n) is 0.583. The summed E-state index contributed by atoms with van der Waals surface area (Å²) in [6.45, 7) is 0. The maximum absolute atomic E-state index is 12.3. The number of benzene rings is 1. The Balaban J connectivity index is 3.25. The first-order valence-corrected chi connectivity index (χ1v) is 2.97. The molecule has 0 bridgehead atoms. The third-order valence-corrected chi connectivity index (χ3v) is 1.38. The van der Waals surface area contributed by atoms with Gasteiger partial charge in [0.25, 0.3) is 0 Å². The minimum Gasteiger partial charge on any atom is -0.207 e. The lowest BCUT2D eigenvalue weighted by Crippen LogP contribution is -1.78. The van der Waals surface area contributed by atoms with Crippen LogP contribution in [-0.2, 0) is 0 Å². The van der Waals surface area contributed by atoms with Crippen molar-refractivity contribution in [2.45, 2.75) is 0 Å². The molecule has 0 spiro atoms. The maximum Gasteiger partial charge on any atom is 0.124 e. The SMILES string of the molecule is N#Cc1cc(F)ccc1Cl. The molecular formula is C7H3ClFN. The summed E-state index contributed by atoms with van der Waals surface area (Å²) < 4.78 is 12.3. The summed E-state index contributed by atoms with van der Waals surface area (Å²) in [6, 6.07) is 5.43. The quantitative estimate of drug-likeness (QED) is 0.564. The van der Waals surface area contributed by atoms with Gasteiger partial charge in [0.1, 0.15) is 11.9 Å². The fraction of sp³-hybridized carbons (Fsp3) is 0. The van der Waals surface area contributed by atoms with E-state index in [9.17, 15) is 4.39 Å². The van der Waals surface area contributed by atoms with Crippen molar-refractivity contribution in [1.29, 1.82) is 5.26 Å². The monoisotopic (exact) mass is 155 g/mol. The fourth-order valence-corrected chi connectivity index (χ4v) is 0.743. The second-order valence-electron chi connectivity index (χ2n) is 1.74. The molecule has 3 heteroatoms. The second-order valence-corrected chi connectivity index (χ2v) is 2.14. The van der Waals surface area contributed by atoms with Crippen molar-refractivity contribution < 1.29 is 4.39 Å². The Bertz CT molecular complexity index is 290. The third-order valence-electron chi connectivity index (χ3n) is 1.05. The molecule has 0 fully saturated rings. The second kappa shape index (κ2) is 2.68. The van der Waals surface area contributed by atoms with Crippen LogP contribution in [0.25, 0.3) is 0 Å². The van der Waals surface area contributed by atoms with Gasteiger partial charge < -0.3 is 0 Å². The maximum atomic E-state index is 12.3. The van der Waals surface area contributed by atoms with Gasteiger partial charge in [-0.2, -0.15) is 5.26 Å². The van der Waals surface area contributed by atoms with Gasteiger partial charge in [0.2, 0.25) is 0 Å². The Kier molecular flexibility index (Phi) is 1.88. The smallest absolute Gasteiger partial charge is 0.124 e. The van der Waals surface area contributed by atoms with Crippen molar-refractivity contribution >= 4 is 11.6 Å². The number of hydrogen-bond acceptors (Lipinski definition) is 1. The van der Waals surface area contributed by atoms with Crippen molar-refractivity contribution in [3.8, 4) is 6.07 Å². The highest BCUT2D eigenvalue weighted by molar-refractivity contribution is 6.31. The normalized spacial score (nSPS) is 8.90. The Morgan fingerprint density at radius 2 is 2.20 bits per heavy atom. The molecule has 0 atom stereocenters. The van der Waals surface area contributed by atoms with E-state index in [2.05, 4.69) is 0 Å². The minimum atomic E-state index is -0.444. The first-order chi connectivity index (χ1) is 4.74. The van der Waals surface area contributed by atoms with E-state index in [1.165, 1.54) is 12.1 Å². The van der Waals surface area contributed by atoms with Crippen LogP contribution in [0.2, 0.25) is 5.02 Å². The van der Waals surface area contributed by atoms with E-state index in [4.69, 9.17) is 16.9 Å². The molecule has 0 saturated carbocycles. The van der Waals surface area contributed by atoms with Crippen molar-refractivity contribution in [2.75, 3.05) is 0 Å². The van der Waals surface area contributed by atoms with Gasteiger partial charge in [-0.3, -0.25) is 0 Å². The summed E-state index contributed by atoms with van der Waals surface area (Å²) in [4.78, 5) is 0. The molecule has 0 unspecified atom stereocenters. The molecule has 1 rings (SSSR count). The van der Waals surface area contributed by atoms with Crippen molar-refractivity contribution in [2.24, 2.45) is 0 Å². The molecule has 0 radical (unpaired) electrons. The first kappa shape index (κ1) is 7.04. The number of rotatable bonds is 0. The molecule has 0 aromatic heterocycles. The molecular weight excluding hydrogens is 153 g/mol. The third kappa shape index (κ3) is 1.26. The Morgan fingerprint density at radius 1 is 1.50 bits per heavy atom. The predicted molar refractivity (Wildman–Crippen MR) is 36.1 cm³/mol. The van der Waals surface area contributed by atoms with Crippen LogP contribution in [0.15, 0.2) is 18.2 Å². The lowest BCUT2D eigenvalue weighted by atomic mass is 10.2. The van der Waals surface area contributed by atoms with Crippen molar-refractivity contribution in [3.63, 3.8) is 0 Å². The Morgan fingerprint density at radius 3 is 2.70 bits per heavy atom. The van der Waals surface area contributed by atoms with Crippen LogP contribution in [0.4, 0.5) is 4.39 Å². The van der Waals surface area contributed by atoms with E-state index >= 15 is 0 Å². The van der Waals surface area contributed by atoms with Crippen LogP contribution < -0.4 is 0 Å². The number of hydrogen-bond donors (Lipinski definition) is 0. The standard InChI is InChI=1S/C7H3ClFN/c8-7-2-1-6(9)3-5(7)4-10/h1-3H. The van der Waals surface area contributed by atoms with Gasteiger partial charge in [0.15, 0.2) is 0 Å². The molecule has 0 N–H and O–H groups in total. The summed E-state index contributed by atoms with van der Waals surface area (Å²) in [6.07, 6.45) is 0. The van der Waals surface area contributed by atoms with Crippen molar-refractivity contribution in [1.82, 2.24) is 0 Å². The van der Waals surface area contributed by atoms with Crippen LogP contribution in [0.1, 0.15) is 5.56 Å². The lowest BCUT2D eigenvalue weighted by molar-refractivity contribution is 0.627. The summed E-state index contributed by atoms with van der Waals surface area (Å²) >= 11 is 5.51. The highest BCUT2D eigenvalue weighted by atomic mass is 35.5. The largest absolute Gasteiger partial charge is 0.207 e. The lowest BCUT2D eigenvalue weighted by Gasteiger charge is -1.91. The molecule has 1 aromatic carbocycles. The summed E-state index contributed by atoms with van der Waals surface area (Å²) in [5.74, 6) is -0.444. The zero-order chi connectivity index (χ0) is 7.56. The summed E-state index contributed by atoms with van der Waals surface area (Å²) in [7, 11) is 0. The molecule has 0 aliphatic heterocycles. The van der Waals surface area contributed by atoms with Crippen LogP contribution in [0.3, 0.4) is 0 Å². The number of nitrogens with zero attached hydrogens (tertiary/aromatic N) is 1. The van der Waals surface area contributed by atoms with Gasteiger partial charge in [-0.1, -0.05) is 11.6 Å². The van der Waals surface area contributed by atoms with E-state index in [-0.39, 0.29) is 10.6 Å². The molecule has 50 valence electrons. The van der Waals surface area contributed by atoms with Gasteiger partial charge in [-0.25, -0.2) is 4.39 Å². The molecule has 0 aliphatic rings. The molecule has 0 saturated heterocycles. The van der Waals surface area contributed by atoms with Crippen LogP contribution in [0.5, 0.6) is 0 Å². The van der Waals surface area contributed by atoms with Gasteiger partial charge >= 0.3 is 0 Å². The summed E-state index contributed by atoms with van der Waals surface area (Å²) in [5.41, 5.74) is 0.168.